The first kappa shape index (κ1) is 13.5. The van der Waals surface area contributed by atoms with E-state index in [1.54, 1.807) is 18.3 Å². The van der Waals surface area contributed by atoms with Crippen molar-refractivity contribution in [2.24, 2.45) is 5.92 Å². The Morgan fingerprint density at radius 2 is 2.12 bits per heavy atom. The summed E-state index contributed by atoms with van der Waals surface area (Å²) < 4.78 is 0. The van der Waals surface area contributed by atoms with Gasteiger partial charge in [0.25, 0.3) is 0 Å². The molecule has 0 spiro atoms. The van der Waals surface area contributed by atoms with E-state index >= 15 is 0 Å². The van der Waals surface area contributed by atoms with E-state index in [0.29, 0.717) is 18.2 Å². The lowest BCUT2D eigenvalue weighted by molar-refractivity contribution is 0.114. The molecule has 1 atom stereocenters. The summed E-state index contributed by atoms with van der Waals surface area (Å²) >= 11 is 0. The van der Waals surface area contributed by atoms with Crippen molar-refractivity contribution in [2.45, 2.75) is 32.8 Å². The van der Waals surface area contributed by atoms with Crippen molar-refractivity contribution in [1.82, 2.24) is 4.98 Å². The Kier molecular flexibility index (Phi) is 5.44. The zero-order valence-corrected chi connectivity index (χ0v) is 10.3. The van der Waals surface area contributed by atoms with Crippen LogP contribution in [0.3, 0.4) is 0 Å². The molecule has 0 fully saturated rings. The highest BCUT2D eigenvalue weighted by molar-refractivity contribution is 5.42. The van der Waals surface area contributed by atoms with Crippen LogP contribution >= 0.6 is 0 Å². The molecule has 1 aromatic rings. The van der Waals surface area contributed by atoms with Crippen LogP contribution in [0.5, 0.6) is 0 Å². The molecule has 1 heterocycles. The maximum absolute atomic E-state index is 9.94. The van der Waals surface area contributed by atoms with E-state index in [1.807, 2.05) is 6.07 Å². The van der Waals surface area contributed by atoms with Crippen molar-refractivity contribution in [3.63, 3.8) is 0 Å². The maximum atomic E-state index is 9.94. The number of hydrogen-bond donors (Lipinski definition) is 2. The number of aromatic nitrogens is 1. The van der Waals surface area contributed by atoms with Gasteiger partial charge < -0.3 is 10.4 Å². The molecule has 92 valence electrons. The largest absolute Gasteiger partial charge is 0.391 e. The summed E-state index contributed by atoms with van der Waals surface area (Å²) in [6.45, 7) is 4.68. The Labute approximate surface area is 102 Å². The van der Waals surface area contributed by atoms with Gasteiger partial charge in [-0.05, 0) is 18.1 Å². The van der Waals surface area contributed by atoms with Gasteiger partial charge in [-0.2, -0.15) is 5.26 Å². The third-order valence-electron chi connectivity index (χ3n) is 2.99. The minimum Gasteiger partial charge on any atom is -0.391 e. The summed E-state index contributed by atoms with van der Waals surface area (Å²) in [7, 11) is 0. The highest BCUT2D eigenvalue weighted by atomic mass is 16.3. The van der Waals surface area contributed by atoms with Crippen LogP contribution in [0.4, 0.5) is 5.69 Å². The molecule has 4 heteroatoms. The molecule has 0 aliphatic rings. The van der Waals surface area contributed by atoms with Crippen molar-refractivity contribution >= 4 is 5.69 Å². The minimum absolute atomic E-state index is 0.328. The topological polar surface area (TPSA) is 68.9 Å². The molecule has 0 saturated heterocycles. The lowest BCUT2D eigenvalue weighted by atomic mass is 9.96. The quantitative estimate of drug-likeness (QED) is 0.790. The van der Waals surface area contributed by atoms with Crippen LogP contribution in [0, 0.1) is 17.2 Å². The predicted molar refractivity (Wildman–Crippen MR) is 67.5 cm³/mol. The van der Waals surface area contributed by atoms with E-state index in [4.69, 9.17) is 5.26 Å². The number of aliphatic hydroxyl groups excluding tert-OH is 1. The fraction of sp³-hybridized carbons (Fsp3) is 0.538. The van der Waals surface area contributed by atoms with Crippen LogP contribution in [-0.2, 0) is 0 Å². The van der Waals surface area contributed by atoms with E-state index < -0.39 is 0 Å². The van der Waals surface area contributed by atoms with Crippen molar-refractivity contribution < 1.29 is 5.11 Å². The number of hydrogen-bond acceptors (Lipinski definition) is 4. The van der Waals surface area contributed by atoms with Crippen LogP contribution in [0.1, 0.15) is 32.4 Å². The first-order valence-electron chi connectivity index (χ1n) is 5.99. The van der Waals surface area contributed by atoms with Crippen molar-refractivity contribution in [3.8, 4) is 6.07 Å². The molecule has 4 nitrogen and oxygen atoms in total. The monoisotopic (exact) mass is 233 g/mol. The third kappa shape index (κ3) is 4.04. The number of rotatable bonds is 6. The highest BCUT2D eigenvalue weighted by Crippen LogP contribution is 2.14. The van der Waals surface area contributed by atoms with E-state index in [2.05, 4.69) is 24.1 Å². The second-order valence-electron chi connectivity index (χ2n) is 4.07. The van der Waals surface area contributed by atoms with Crippen LogP contribution < -0.4 is 5.32 Å². The van der Waals surface area contributed by atoms with Crippen LogP contribution in [-0.4, -0.2) is 22.7 Å². The van der Waals surface area contributed by atoms with Crippen molar-refractivity contribution in [1.29, 1.82) is 5.26 Å². The summed E-state index contributed by atoms with van der Waals surface area (Å²) in [6, 6.07) is 5.42. The van der Waals surface area contributed by atoms with E-state index in [1.165, 1.54) is 0 Å². The Bertz CT molecular complexity index is 365. The standard InChI is InChI=1S/C13H19N3O/c1-3-10(4-2)13(17)9-16-12-6-5-11(7-14)15-8-12/h5-6,8,10,13,16-17H,3-4,9H2,1-2H3. The lowest BCUT2D eigenvalue weighted by Crippen LogP contribution is -2.27. The smallest absolute Gasteiger partial charge is 0.140 e. The second-order valence-corrected chi connectivity index (χ2v) is 4.07. The molecular weight excluding hydrogens is 214 g/mol. The number of pyridine rings is 1. The van der Waals surface area contributed by atoms with Gasteiger partial charge in [0.2, 0.25) is 0 Å². The van der Waals surface area contributed by atoms with Gasteiger partial charge in [0, 0.05) is 6.54 Å². The zero-order valence-electron chi connectivity index (χ0n) is 10.3. The minimum atomic E-state index is -0.347. The average molecular weight is 233 g/mol. The van der Waals surface area contributed by atoms with Crippen LogP contribution in [0.25, 0.3) is 0 Å². The van der Waals surface area contributed by atoms with E-state index in [9.17, 15) is 5.11 Å². The van der Waals surface area contributed by atoms with Gasteiger partial charge in [0.05, 0.1) is 18.0 Å². The molecule has 1 rings (SSSR count). The van der Waals surface area contributed by atoms with Crippen molar-refractivity contribution in [3.05, 3.63) is 24.0 Å². The van der Waals surface area contributed by atoms with Gasteiger partial charge in [-0.25, -0.2) is 4.98 Å². The molecule has 0 bridgehead atoms. The Morgan fingerprint density at radius 1 is 1.41 bits per heavy atom. The van der Waals surface area contributed by atoms with Gasteiger partial charge in [-0.3, -0.25) is 0 Å². The molecule has 1 unspecified atom stereocenters. The highest BCUT2D eigenvalue weighted by Gasteiger charge is 2.14. The molecule has 0 saturated carbocycles. The number of anilines is 1. The zero-order chi connectivity index (χ0) is 12.7. The molecular formula is C13H19N3O. The molecule has 1 aromatic heterocycles. The summed E-state index contributed by atoms with van der Waals surface area (Å²) in [5.41, 5.74) is 1.23. The maximum Gasteiger partial charge on any atom is 0.140 e. The first-order valence-corrected chi connectivity index (χ1v) is 5.99. The number of nitrogens with one attached hydrogen (secondary N) is 1. The molecule has 2 N–H and O–H groups in total. The molecule has 17 heavy (non-hydrogen) atoms. The fourth-order valence-electron chi connectivity index (χ4n) is 1.79. The number of nitriles is 1. The fourth-order valence-corrected chi connectivity index (χ4v) is 1.79. The molecule has 0 aliphatic carbocycles. The van der Waals surface area contributed by atoms with Crippen LogP contribution in [0.2, 0.25) is 0 Å². The average Bonchev–Trinajstić information content (AvgIpc) is 2.38. The molecule has 0 amide bonds. The summed E-state index contributed by atoms with van der Waals surface area (Å²) in [5, 5.41) is 21.7. The van der Waals surface area contributed by atoms with Crippen molar-refractivity contribution in [2.75, 3.05) is 11.9 Å². The summed E-state index contributed by atoms with van der Waals surface area (Å²) in [4.78, 5) is 3.96. The van der Waals surface area contributed by atoms with E-state index in [0.717, 1.165) is 18.5 Å². The van der Waals surface area contributed by atoms with Gasteiger partial charge in [0.15, 0.2) is 0 Å². The molecule has 0 radical (unpaired) electrons. The van der Waals surface area contributed by atoms with E-state index in [-0.39, 0.29) is 6.10 Å². The summed E-state index contributed by atoms with van der Waals surface area (Å²) in [5.74, 6) is 0.328. The molecule has 0 aliphatic heterocycles. The first-order chi connectivity index (χ1) is 8.21. The second kappa shape index (κ2) is 6.87. The Morgan fingerprint density at radius 3 is 2.59 bits per heavy atom. The van der Waals surface area contributed by atoms with Gasteiger partial charge in [-0.15, -0.1) is 0 Å². The van der Waals surface area contributed by atoms with Gasteiger partial charge in [0.1, 0.15) is 11.8 Å². The number of aliphatic hydroxyl groups is 1. The predicted octanol–water partition coefficient (Wildman–Crippen LogP) is 2.16. The van der Waals surface area contributed by atoms with Crippen LogP contribution in [0.15, 0.2) is 18.3 Å². The molecule has 0 aromatic carbocycles. The number of nitrogens with zero attached hydrogens (tertiary/aromatic N) is 2. The normalized spacial score (nSPS) is 12.2. The SMILES string of the molecule is CCC(CC)C(O)CNc1ccc(C#N)nc1. The Balaban J connectivity index is 2.47. The lowest BCUT2D eigenvalue weighted by Gasteiger charge is -2.20. The van der Waals surface area contributed by atoms with Gasteiger partial charge in [-0.1, -0.05) is 26.7 Å². The Hall–Kier alpha value is -1.60. The summed E-state index contributed by atoms with van der Waals surface area (Å²) in [6.07, 6.45) is 3.22. The third-order valence-corrected chi connectivity index (χ3v) is 2.99. The van der Waals surface area contributed by atoms with Gasteiger partial charge >= 0.3 is 0 Å².